The first kappa shape index (κ1) is 23.6. The highest BCUT2D eigenvalue weighted by Gasteiger charge is 2.20. The third kappa shape index (κ3) is 8.72. The summed E-state index contributed by atoms with van der Waals surface area (Å²) in [7, 11) is -3.51. The molecule has 0 radical (unpaired) electrons. The molecule has 1 heterocycles. The molecule has 1 fully saturated rings. The lowest BCUT2D eigenvalue weighted by atomic mass is 10.2. The number of hydrogen-bond donors (Lipinski definition) is 3. The number of rotatable bonds is 12. The molecule has 164 valence electrons. The number of sulfonamides is 1. The van der Waals surface area contributed by atoms with Crippen molar-refractivity contribution in [3.63, 3.8) is 0 Å². The monoisotopic (exact) mass is 424 g/mol. The number of nitrogens with one attached hydrogen (secondary N) is 3. The van der Waals surface area contributed by atoms with E-state index < -0.39 is 10.0 Å². The zero-order valence-electron chi connectivity index (χ0n) is 17.7. The Balaban J connectivity index is 1.86. The summed E-state index contributed by atoms with van der Waals surface area (Å²) in [5.41, 5.74) is 0.964. The largest absolute Gasteiger partial charge is 0.377 e. The van der Waals surface area contributed by atoms with Crippen LogP contribution in [0.25, 0.3) is 0 Å². The Morgan fingerprint density at radius 2 is 1.93 bits per heavy atom. The third-order valence-electron chi connectivity index (χ3n) is 4.85. The highest BCUT2D eigenvalue weighted by molar-refractivity contribution is 7.89. The second kappa shape index (κ2) is 12.8. The summed E-state index contributed by atoms with van der Waals surface area (Å²) >= 11 is 0. The molecule has 0 aliphatic carbocycles. The van der Waals surface area contributed by atoms with E-state index in [2.05, 4.69) is 27.3 Å². The zero-order chi connectivity index (χ0) is 21.0. The first-order valence-corrected chi connectivity index (χ1v) is 12.3. The minimum Gasteiger partial charge on any atom is -0.377 e. The number of hydrogen-bond acceptors (Lipinski definition) is 4. The minimum atomic E-state index is -3.51. The Morgan fingerprint density at radius 3 is 2.59 bits per heavy atom. The highest BCUT2D eigenvalue weighted by Crippen LogP contribution is 2.14. The Kier molecular flexibility index (Phi) is 10.5. The van der Waals surface area contributed by atoms with Crippen LogP contribution < -0.4 is 15.4 Å². The highest BCUT2D eigenvalue weighted by atomic mass is 32.2. The predicted molar refractivity (Wildman–Crippen MR) is 118 cm³/mol. The maximum absolute atomic E-state index is 12.4. The summed E-state index contributed by atoms with van der Waals surface area (Å²) in [5.74, 6) is 0.791. The van der Waals surface area contributed by atoms with Crippen LogP contribution in [0.2, 0.25) is 0 Å². The first-order valence-electron chi connectivity index (χ1n) is 10.8. The molecule has 2 rings (SSSR count). The summed E-state index contributed by atoms with van der Waals surface area (Å²) in [4.78, 5) is 4.86. The van der Waals surface area contributed by atoms with Crippen LogP contribution in [0.4, 0.5) is 0 Å². The van der Waals surface area contributed by atoms with E-state index in [9.17, 15) is 8.42 Å². The number of unbranched alkanes of at least 4 members (excludes halogenated alkanes) is 3. The molecular formula is C21H36N4O3S. The average Bonchev–Trinajstić information content (AvgIpc) is 3.24. The van der Waals surface area contributed by atoms with Gasteiger partial charge in [0.25, 0.3) is 0 Å². The normalized spacial score (nSPS) is 17.4. The quantitative estimate of drug-likeness (QED) is 0.273. The van der Waals surface area contributed by atoms with Crippen LogP contribution in [0.5, 0.6) is 0 Å². The SMILES string of the molecule is CCCCCCNC(=NCc1ccc(S(=O)(=O)NCC2CCCO2)cc1)NCC. The Hall–Kier alpha value is -1.64. The van der Waals surface area contributed by atoms with Gasteiger partial charge in [0.05, 0.1) is 17.5 Å². The van der Waals surface area contributed by atoms with Gasteiger partial charge in [-0.2, -0.15) is 0 Å². The van der Waals surface area contributed by atoms with E-state index >= 15 is 0 Å². The maximum atomic E-state index is 12.4. The van der Waals surface area contributed by atoms with E-state index in [-0.39, 0.29) is 11.0 Å². The lowest BCUT2D eigenvalue weighted by molar-refractivity contribution is 0.114. The molecule has 1 saturated heterocycles. The molecule has 8 heteroatoms. The van der Waals surface area contributed by atoms with E-state index in [1.165, 1.54) is 19.3 Å². The lowest BCUT2D eigenvalue weighted by Gasteiger charge is -2.12. The summed E-state index contributed by atoms with van der Waals surface area (Å²) in [6.45, 7) is 7.48. The molecule has 1 unspecified atom stereocenters. The van der Waals surface area contributed by atoms with E-state index in [1.54, 1.807) is 12.1 Å². The van der Waals surface area contributed by atoms with E-state index in [4.69, 9.17) is 4.74 Å². The molecule has 1 atom stereocenters. The summed E-state index contributed by atoms with van der Waals surface area (Å²) < 4.78 is 33.0. The van der Waals surface area contributed by atoms with Crippen molar-refractivity contribution in [2.75, 3.05) is 26.2 Å². The van der Waals surface area contributed by atoms with Crippen LogP contribution in [0.1, 0.15) is 57.9 Å². The van der Waals surface area contributed by atoms with E-state index in [0.717, 1.165) is 43.9 Å². The lowest BCUT2D eigenvalue weighted by Crippen LogP contribution is -2.37. The van der Waals surface area contributed by atoms with Crippen molar-refractivity contribution in [3.8, 4) is 0 Å². The van der Waals surface area contributed by atoms with Crippen molar-refractivity contribution in [2.45, 2.75) is 69.9 Å². The molecule has 3 N–H and O–H groups in total. The van der Waals surface area contributed by atoms with Crippen LogP contribution in [-0.2, 0) is 21.3 Å². The number of aliphatic imine (C=N–C) groups is 1. The molecule has 0 spiro atoms. The minimum absolute atomic E-state index is 0.0163. The van der Waals surface area contributed by atoms with Crippen molar-refractivity contribution in [1.82, 2.24) is 15.4 Å². The molecule has 0 bridgehead atoms. The summed E-state index contributed by atoms with van der Waals surface area (Å²) in [5, 5.41) is 6.59. The van der Waals surface area contributed by atoms with Gasteiger partial charge in [-0.1, -0.05) is 38.3 Å². The van der Waals surface area contributed by atoms with Gasteiger partial charge in [0.2, 0.25) is 10.0 Å². The van der Waals surface area contributed by atoms with Crippen molar-refractivity contribution < 1.29 is 13.2 Å². The molecule has 29 heavy (non-hydrogen) atoms. The molecule has 0 aromatic heterocycles. The molecule has 1 aromatic rings. The van der Waals surface area contributed by atoms with Crippen molar-refractivity contribution >= 4 is 16.0 Å². The van der Waals surface area contributed by atoms with Gasteiger partial charge < -0.3 is 15.4 Å². The fourth-order valence-electron chi connectivity index (χ4n) is 3.14. The number of nitrogens with zero attached hydrogens (tertiary/aromatic N) is 1. The van der Waals surface area contributed by atoms with Gasteiger partial charge in [-0.05, 0) is 43.9 Å². The topological polar surface area (TPSA) is 91.8 Å². The average molecular weight is 425 g/mol. The predicted octanol–water partition coefficient (Wildman–Crippen LogP) is 2.78. The first-order chi connectivity index (χ1) is 14.0. The smallest absolute Gasteiger partial charge is 0.240 e. The van der Waals surface area contributed by atoms with Crippen molar-refractivity contribution in [1.29, 1.82) is 0 Å². The van der Waals surface area contributed by atoms with Crippen LogP contribution in [-0.4, -0.2) is 46.7 Å². The fourth-order valence-corrected chi connectivity index (χ4v) is 4.20. The molecule has 1 aromatic carbocycles. The summed E-state index contributed by atoms with van der Waals surface area (Å²) in [6.07, 6.45) is 6.71. The van der Waals surface area contributed by atoms with Crippen LogP contribution in [0.3, 0.4) is 0 Å². The van der Waals surface area contributed by atoms with Gasteiger partial charge in [-0.25, -0.2) is 18.1 Å². The molecule has 0 saturated carbocycles. The van der Waals surface area contributed by atoms with Crippen LogP contribution >= 0.6 is 0 Å². The van der Waals surface area contributed by atoms with Gasteiger partial charge in [0, 0.05) is 26.2 Å². The standard InChI is InChI=1S/C21H36N4O3S/c1-3-5-6-7-14-23-21(22-4-2)24-16-18-10-12-20(13-11-18)29(26,27)25-17-19-9-8-15-28-19/h10-13,19,25H,3-9,14-17H2,1-2H3,(H2,22,23,24). The molecule has 7 nitrogen and oxygen atoms in total. The second-order valence-corrected chi connectivity index (χ2v) is 9.08. The Labute approximate surface area is 175 Å². The number of benzene rings is 1. The number of ether oxygens (including phenoxy) is 1. The molecular weight excluding hydrogens is 388 g/mol. The van der Waals surface area contributed by atoms with Gasteiger partial charge in [0.15, 0.2) is 5.96 Å². The summed E-state index contributed by atoms with van der Waals surface area (Å²) in [6, 6.07) is 6.89. The molecule has 1 aliphatic rings. The van der Waals surface area contributed by atoms with Gasteiger partial charge in [0.1, 0.15) is 0 Å². The number of guanidine groups is 1. The van der Waals surface area contributed by atoms with Gasteiger partial charge >= 0.3 is 0 Å². The van der Waals surface area contributed by atoms with Crippen molar-refractivity contribution in [3.05, 3.63) is 29.8 Å². The molecule has 0 amide bonds. The van der Waals surface area contributed by atoms with E-state index in [0.29, 0.717) is 19.7 Å². The zero-order valence-corrected chi connectivity index (χ0v) is 18.6. The van der Waals surface area contributed by atoms with Crippen LogP contribution in [0, 0.1) is 0 Å². The van der Waals surface area contributed by atoms with Crippen molar-refractivity contribution in [2.24, 2.45) is 4.99 Å². The second-order valence-electron chi connectivity index (χ2n) is 7.31. The molecule has 1 aliphatic heterocycles. The van der Waals surface area contributed by atoms with Crippen LogP contribution in [0.15, 0.2) is 34.2 Å². The van der Waals surface area contributed by atoms with Gasteiger partial charge in [-0.15, -0.1) is 0 Å². The van der Waals surface area contributed by atoms with E-state index in [1.807, 2.05) is 19.1 Å². The Morgan fingerprint density at radius 1 is 1.14 bits per heavy atom. The fraction of sp³-hybridized carbons (Fsp3) is 0.667. The maximum Gasteiger partial charge on any atom is 0.240 e. The van der Waals surface area contributed by atoms with Gasteiger partial charge in [-0.3, -0.25) is 0 Å². The Bertz CT molecular complexity index is 714. The third-order valence-corrected chi connectivity index (χ3v) is 6.28.